The van der Waals surface area contributed by atoms with Crippen LogP contribution in [0.2, 0.25) is 10.0 Å². The van der Waals surface area contributed by atoms with Gasteiger partial charge in [-0.3, -0.25) is 4.79 Å². The lowest BCUT2D eigenvalue weighted by Crippen LogP contribution is -2.42. The molecule has 5 nitrogen and oxygen atoms in total. The molecule has 0 saturated carbocycles. The molecule has 0 aliphatic heterocycles. The van der Waals surface area contributed by atoms with E-state index < -0.39 is 17.9 Å². The van der Waals surface area contributed by atoms with E-state index in [1.807, 2.05) is 30.3 Å². The standard InChI is InChI=1S/C18H14Cl2N2O3/c19-12-7-11-8-14(21-16(11)13(20)9-12)17(23)22-15(18(24)25)6-10-4-2-1-3-5-10/h1-5,7-9,15,21H,6H2,(H,22,23)(H,24,25). The van der Waals surface area contributed by atoms with Gasteiger partial charge in [-0.05, 0) is 23.8 Å². The van der Waals surface area contributed by atoms with Crippen LogP contribution in [0, 0.1) is 0 Å². The Bertz CT molecular complexity index is 938. The molecule has 3 rings (SSSR count). The molecule has 0 aliphatic carbocycles. The number of nitrogens with one attached hydrogen (secondary N) is 2. The van der Waals surface area contributed by atoms with Crippen LogP contribution in [0.4, 0.5) is 0 Å². The van der Waals surface area contributed by atoms with Crippen molar-refractivity contribution in [2.24, 2.45) is 0 Å². The van der Waals surface area contributed by atoms with Crippen molar-refractivity contribution in [1.82, 2.24) is 10.3 Å². The summed E-state index contributed by atoms with van der Waals surface area (Å²) in [4.78, 5) is 26.8. The molecule has 0 saturated heterocycles. The average molecular weight is 377 g/mol. The van der Waals surface area contributed by atoms with Crippen molar-refractivity contribution in [1.29, 1.82) is 0 Å². The second kappa shape index (κ2) is 7.17. The highest BCUT2D eigenvalue weighted by molar-refractivity contribution is 6.38. The van der Waals surface area contributed by atoms with Crippen LogP contribution in [-0.2, 0) is 11.2 Å². The summed E-state index contributed by atoms with van der Waals surface area (Å²) in [5.74, 6) is -1.62. The summed E-state index contributed by atoms with van der Waals surface area (Å²) in [6.07, 6.45) is 0.189. The first-order valence-electron chi connectivity index (χ1n) is 7.49. The number of carboxylic acid groups (broad SMARTS) is 1. The third-order valence-electron chi connectivity index (χ3n) is 3.78. The van der Waals surface area contributed by atoms with Crippen molar-refractivity contribution in [2.75, 3.05) is 0 Å². The lowest BCUT2D eigenvalue weighted by atomic mass is 10.1. The second-order valence-corrected chi connectivity index (χ2v) is 6.43. The average Bonchev–Trinajstić information content (AvgIpc) is 2.99. The monoisotopic (exact) mass is 376 g/mol. The van der Waals surface area contributed by atoms with E-state index in [0.29, 0.717) is 20.9 Å². The number of halogens is 2. The molecule has 0 radical (unpaired) electrons. The minimum Gasteiger partial charge on any atom is -0.480 e. The Morgan fingerprint density at radius 3 is 2.52 bits per heavy atom. The fraction of sp³-hybridized carbons (Fsp3) is 0.111. The number of carbonyl (C=O) groups is 2. The molecular weight excluding hydrogens is 363 g/mol. The Morgan fingerprint density at radius 2 is 1.84 bits per heavy atom. The Morgan fingerprint density at radius 1 is 1.12 bits per heavy atom. The number of H-pyrrole nitrogens is 1. The molecule has 1 amide bonds. The molecule has 0 aliphatic rings. The van der Waals surface area contributed by atoms with Gasteiger partial charge >= 0.3 is 5.97 Å². The molecule has 128 valence electrons. The second-order valence-electron chi connectivity index (χ2n) is 5.59. The predicted molar refractivity (Wildman–Crippen MR) is 97.4 cm³/mol. The number of carboxylic acids is 1. The topological polar surface area (TPSA) is 82.2 Å². The molecule has 25 heavy (non-hydrogen) atoms. The van der Waals surface area contributed by atoms with E-state index in [2.05, 4.69) is 10.3 Å². The van der Waals surface area contributed by atoms with Crippen molar-refractivity contribution >= 4 is 46.0 Å². The van der Waals surface area contributed by atoms with Crippen molar-refractivity contribution in [3.05, 3.63) is 69.8 Å². The summed E-state index contributed by atoms with van der Waals surface area (Å²) >= 11 is 12.1. The van der Waals surface area contributed by atoms with Crippen LogP contribution < -0.4 is 5.32 Å². The first kappa shape index (κ1) is 17.3. The number of rotatable bonds is 5. The molecule has 1 aromatic heterocycles. The van der Waals surface area contributed by atoms with E-state index in [-0.39, 0.29) is 12.1 Å². The van der Waals surface area contributed by atoms with Gasteiger partial charge in [0.15, 0.2) is 0 Å². The van der Waals surface area contributed by atoms with Gasteiger partial charge in [0, 0.05) is 16.8 Å². The largest absolute Gasteiger partial charge is 0.480 e. The Kier molecular flexibility index (Phi) is 4.97. The number of benzene rings is 2. The Labute approximate surface area is 153 Å². The van der Waals surface area contributed by atoms with Crippen LogP contribution in [0.25, 0.3) is 10.9 Å². The molecule has 2 aromatic carbocycles. The first-order chi connectivity index (χ1) is 11.9. The van der Waals surface area contributed by atoms with Gasteiger partial charge in [-0.25, -0.2) is 4.79 Å². The Balaban J connectivity index is 1.82. The maximum absolute atomic E-state index is 12.4. The maximum atomic E-state index is 12.4. The number of aliphatic carboxylic acids is 1. The summed E-state index contributed by atoms with van der Waals surface area (Å²) < 4.78 is 0. The molecule has 0 bridgehead atoms. The van der Waals surface area contributed by atoms with Gasteiger partial charge in [-0.2, -0.15) is 0 Å². The quantitative estimate of drug-likeness (QED) is 0.631. The molecule has 3 N–H and O–H groups in total. The summed E-state index contributed by atoms with van der Waals surface area (Å²) in [7, 11) is 0. The minimum absolute atomic E-state index is 0.189. The van der Waals surface area contributed by atoms with Crippen LogP contribution in [0.1, 0.15) is 16.1 Å². The third kappa shape index (κ3) is 3.95. The lowest BCUT2D eigenvalue weighted by Gasteiger charge is -2.14. The van der Waals surface area contributed by atoms with E-state index in [4.69, 9.17) is 23.2 Å². The third-order valence-corrected chi connectivity index (χ3v) is 4.29. The smallest absolute Gasteiger partial charge is 0.326 e. The van der Waals surface area contributed by atoms with Gasteiger partial charge in [0.25, 0.3) is 5.91 Å². The number of aromatic amines is 1. The van der Waals surface area contributed by atoms with Crippen LogP contribution >= 0.6 is 23.2 Å². The van der Waals surface area contributed by atoms with Gasteiger partial charge in [0.1, 0.15) is 11.7 Å². The molecule has 3 aromatic rings. The van der Waals surface area contributed by atoms with Gasteiger partial charge in [-0.1, -0.05) is 53.5 Å². The van der Waals surface area contributed by atoms with E-state index >= 15 is 0 Å². The number of aromatic nitrogens is 1. The fourth-order valence-electron chi connectivity index (χ4n) is 2.57. The van der Waals surface area contributed by atoms with E-state index in [0.717, 1.165) is 5.56 Å². The number of fused-ring (bicyclic) bond motifs is 1. The van der Waals surface area contributed by atoms with Crippen LogP contribution in [0.5, 0.6) is 0 Å². The van der Waals surface area contributed by atoms with Gasteiger partial charge in [0.2, 0.25) is 0 Å². The molecule has 1 unspecified atom stereocenters. The van der Waals surface area contributed by atoms with Crippen LogP contribution in [-0.4, -0.2) is 28.0 Å². The first-order valence-corrected chi connectivity index (χ1v) is 8.25. The summed E-state index contributed by atoms with van der Waals surface area (Å²) in [6.45, 7) is 0. The molecule has 1 heterocycles. The number of amides is 1. The highest BCUT2D eigenvalue weighted by atomic mass is 35.5. The number of hydrogen-bond donors (Lipinski definition) is 3. The van der Waals surface area contributed by atoms with Crippen molar-refractivity contribution in [3.8, 4) is 0 Å². The molecular formula is C18H14Cl2N2O3. The minimum atomic E-state index is -1.10. The normalized spacial score (nSPS) is 12.1. The highest BCUT2D eigenvalue weighted by Gasteiger charge is 2.22. The van der Waals surface area contributed by atoms with E-state index in [9.17, 15) is 14.7 Å². The zero-order chi connectivity index (χ0) is 18.0. The molecule has 1 atom stereocenters. The molecule has 0 spiro atoms. The predicted octanol–water partition coefficient (Wildman–Crippen LogP) is 3.90. The zero-order valence-electron chi connectivity index (χ0n) is 12.9. The van der Waals surface area contributed by atoms with Gasteiger partial charge in [-0.15, -0.1) is 0 Å². The van der Waals surface area contributed by atoms with Crippen LogP contribution in [0.3, 0.4) is 0 Å². The SMILES string of the molecule is O=C(NC(Cc1ccccc1)C(=O)O)c1cc2cc(Cl)cc(Cl)c2[nH]1. The molecule has 0 fully saturated rings. The Hall–Kier alpha value is -2.50. The summed E-state index contributed by atoms with van der Waals surface area (Å²) in [5.41, 5.74) is 1.62. The van der Waals surface area contributed by atoms with E-state index in [1.165, 1.54) is 0 Å². The van der Waals surface area contributed by atoms with Crippen LogP contribution in [0.15, 0.2) is 48.5 Å². The van der Waals surface area contributed by atoms with Crippen molar-refractivity contribution < 1.29 is 14.7 Å². The summed E-state index contributed by atoms with van der Waals surface area (Å²) in [5, 5.41) is 13.4. The maximum Gasteiger partial charge on any atom is 0.326 e. The van der Waals surface area contributed by atoms with E-state index in [1.54, 1.807) is 18.2 Å². The van der Waals surface area contributed by atoms with Gasteiger partial charge in [0.05, 0.1) is 10.5 Å². The van der Waals surface area contributed by atoms with Gasteiger partial charge < -0.3 is 15.4 Å². The molecule has 7 heteroatoms. The van der Waals surface area contributed by atoms with Crippen molar-refractivity contribution in [3.63, 3.8) is 0 Å². The summed E-state index contributed by atoms with van der Waals surface area (Å²) in [6, 6.07) is 12.9. The zero-order valence-corrected chi connectivity index (χ0v) is 14.4. The lowest BCUT2D eigenvalue weighted by molar-refractivity contribution is -0.139. The highest BCUT2D eigenvalue weighted by Crippen LogP contribution is 2.28. The fourth-order valence-corrected chi connectivity index (χ4v) is 3.13. The number of hydrogen-bond acceptors (Lipinski definition) is 2. The van der Waals surface area contributed by atoms with Crippen molar-refractivity contribution in [2.45, 2.75) is 12.5 Å². The number of carbonyl (C=O) groups excluding carboxylic acids is 1.